The smallest absolute Gasteiger partial charge is 0.0766 e. The Balaban J connectivity index is 2.57. The molecule has 5 heteroatoms. The highest BCUT2D eigenvalue weighted by Crippen LogP contribution is 2.23. The van der Waals surface area contributed by atoms with Crippen LogP contribution in [-0.4, -0.2) is 36.1 Å². The molecule has 0 saturated carbocycles. The summed E-state index contributed by atoms with van der Waals surface area (Å²) in [6.45, 7) is 5.82. The third-order valence-electron chi connectivity index (χ3n) is 3.40. The van der Waals surface area contributed by atoms with Gasteiger partial charge in [0.2, 0.25) is 0 Å². The van der Waals surface area contributed by atoms with Crippen molar-refractivity contribution in [2.75, 3.05) is 20.3 Å². The van der Waals surface area contributed by atoms with Crippen LogP contribution in [0.25, 0.3) is 0 Å². The lowest BCUT2D eigenvalue weighted by atomic mass is 10.1. The van der Waals surface area contributed by atoms with Crippen LogP contribution in [0.5, 0.6) is 0 Å². The highest BCUT2D eigenvalue weighted by Gasteiger charge is 2.16. The van der Waals surface area contributed by atoms with Crippen molar-refractivity contribution in [3.63, 3.8) is 0 Å². The van der Waals surface area contributed by atoms with Gasteiger partial charge in [0.1, 0.15) is 0 Å². The molecule has 0 fully saturated rings. The van der Waals surface area contributed by atoms with E-state index in [9.17, 15) is 0 Å². The molecule has 19 heavy (non-hydrogen) atoms. The van der Waals surface area contributed by atoms with Gasteiger partial charge in [0.15, 0.2) is 0 Å². The van der Waals surface area contributed by atoms with Crippen molar-refractivity contribution in [1.29, 1.82) is 0 Å². The van der Waals surface area contributed by atoms with E-state index in [2.05, 4.69) is 33.3 Å². The molecule has 110 valence electrons. The van der Waals surface area contributed by atoms with Crippen LogP contribution in [0.2, 0.25) is 0 Å². The molecular weight excluding hydrogens is 306 g/mol. The lowest BCUT2D eigenvalue weighted by molar-refractivity contribution is 0.141. The molecule has 1 atom stereocenters. The molecule has 0 amide bonds. The van der Waals surface area contributed by atoms with E-state index in [0.29, 0.717) is 6.04 Å². The Morgan fingerprint density at radius 2 is 2.16 bits per heavy atom. The van der Waals surface area contributed by atoms with Gasteiger partial charge < -0.3 is 10.1 Å². The summed E-state index contributed by atoms with van der Waals surface area (Å²) in [7, 11) is 4.04. The molecule has 0 aliphatic carbocycles. The molecule has 4 nitrogen and oxygen atoms in total. The lowest BCUT2D eigenvalue weighted by Crippen LogP contribution is -2.29. The normalized spacial score (nSPS) is 12.9. The molecule has 0 spiro atoms. The molecular formula is C14H26BrN3O. The summed E-state index contributed by atoms with van der Waals surface area (Å²) in [5.74, 6) is 0. The van der Waals surface area contributed by atoms with E-state index < -0.39 is 0 Å². The summed E-state index contributed by atoms with van der Waals surface area (Å²) in [5, 5.41) is 7.93. The van der Waals surface area contributed by atoms with Crippen molar-refractivity contribution in [2.45, 2.75) is 45.6 Å². The van der Waals surface area contributed by atoms with Gasteiger partial charge in [0.25, 0.3) is 0 Å². The maximum absolute atomic E-state index is 5.39. The Kier molecular flexibility index (Phi) is 7.64. The summed E-state index contributed by atoms with van der Waals surface area (Å²) < 4.78 is 8.56. The lowest BCUT2D eigenvalue weighted by Gasteiger charge is -2.16. The first-order chi connectivity index (χ1) is 9.13. The average molecular weight is 332 g/mol. The number of rotatable bonds is 9. The highest BCUT2D eigenvalue weighted by atomic mass is 79.9. The van der Waals surface area contributed by atoms with Crippen LogP contribution >= 0.6 is 15.9 Å². The van der Waals surface area contributed by atoms with Crippen LogP contribution in [0, 0.1) is 0 Å². The average Bonchev–Trinajstić information content (AvgIpc) is 2.69. The van der Waals surface area contributed by atoms with Crippen LogP contribution in [0.15, 0.2) is 4.47 Å². The molecule has 0 aromatic carbocycles. The van der Waals surface area contributed by atoms with Crippen molar-refractivity contribution in [1.82, 2.24) is 15.1 Å². The van der Waals surface area contributed by atoms with E-state index in [4.69, 9.17) is 4.74 Å². The summed E-state index contributed by atoms with van der Waals surface area (Å²) in [6, 6.07) is 0.469. The topological polar surface area (TPSA) is 39.1 Å². The van der Waals surface area contributed by atoms with Crippen molar-refractivity contribution < 1.29 is 4.74 Å². The van der Waals surface area contributed by atoms with Crippen molar-refractivity contribution >= 4 is 15.9 Å². The van der Waals surface area contributed by atoms with Gasteiger partial charge in [-0.2, -0.15) is 5.10 Å². The van der Waals surface area contributed by atoms with Gasteiger partial charge in [-0.25, -0.2) is 0 Å². The van der Waals surface area contributed by atoms with Crippen molar-refractivity contribution in [2.24, 2.45) is 7.05 Å². The predicted molar refractivity (Wildman–Crippen MR) is 82.6 cm³/mol. The Hall–Kier alpha value is -0.390. The zero-order valence-corrected chi connectivity index (χ0v) is 14.1. The van der Waals surface area contributed by atoms with Crippen LogP contribution < -0.4 is 5.32 Å². The Morgan fingerprint density at radius 1 is 1.42 bits per heavy atom. The van der Waals surface area contributed by atoms with Crippen molar-refractivity contribution in [3.05, 3.63) is 15.9 Å². The number of aromatic nitrogens is 2. The third-order valence-corrected chi connectivity index (χ3v) is 4.31. The standard InChI is InChI=1S/C14H26BrN3O/c1-5-12-14(15)13(18(4)17-12)10-11(16-3)8-7-9-19-6-2/h11,16H,5-10H2,1-4H3. The number of hydrogen-bond donors (Lipinski definition) is 1. The predicted octanol–water partition coefficient (Wildman–Crippen LogP) is 2.69. The van der Waals surface area contributed by atoms with E-state index in [1.807, 2.05) is 25.7 Å². The number of nitrogens with zero attached hydrogens (tertiary/aromatic N) is 2. The largest absolute Gasteiger partial charge is 0.382 e. The molecule has 0 bridgehead atoms. The summed E-state index contributed by atoms with van der Waals surface area (Å²) >= 11 is 3.68. The van der Waals surface area contributed by atoms with Gasteiger partial charge in [0, 0.05) is 32.7 Å². The Bertz CT molecular complexity index is 379. The quantitative estimate of drug-likeness (QED) is 0.707. The summed E-state index contributed by atoms with van der Waals surface area (Å²) in [6.07, 6.45) is 4.17. The first-order valence-corrected chi connectivity index (χ1v) is 7.88. The Labute approximate surface area is 125 Å². The van der Waals surface area contributed by atoms with Crippen molar-refractivity contribution in [3.8, 4) is 0 Å². The summed E-state index contributed by atoms with van der Waals surface area (Å²) in [4.78, 5) is 0. The minimum Gasteiger partial charge on any atom is -0.382 e. The molecule has 1 unspecified atom stereocenters. The second kappa shape index (κ2) is 8.72. The molecule has 1 aromatic rings. The fraction of sp³-hybridized carbons (Fsp3) is 0.786. The second-order valence-corrected chi connectivity index (χ2v) is 5.51. The molecule has 0 radical (unpaired) electrons. The van der Waals surface area contributed by atoms with Gasteiger partial charge >= 0.3 is 0 Å². The molecule has 1 rings (SSSR count). The first kappa shape index (κ1) is 16.7. The maximum Gasteiger partial charge on any atom is 0.0766 e. The fourth-order valence-electron chi connectivity index (χ4n) is 2.20. The van der Waals surface area contributed by atoms with Crippen LogP contribution in [0.1, 0.15) is 38.1 Å². The van der Waals surface area contributed by atoms with Crippen LogP contribution in [0.3, 0.4) is 0 Å². The van der Waals surface area contributed by atoms with E-state index in [1.54, 1.807) is 0 Å². The summed E-state index contributed by atoms with van der Waals surface area (Å²) in [5.41, 5.74) is 2.41. The highest BCUT2D eigenvalue weighted by molar-refractivity contribution is 9.10. The van der Waals surface area contributed by atoms with Crippen LogP contribution in [0.4, 0.5) is 0 Å². The number of nitrogens with one attached hydrogen (secondary N) is 1. The minimum atomic E-state index is 0.469. The van der Waals surface area contributed by atoms with Crippen LogP contribution in [-0.2, 0) is 24.6 Å². The number of likely N-dealkylation sites (N-methyl/N-ethyl adjacent to an activating group) is 1. The van der Waals surface area contributed by atoms with E-state index in [-0.39, 0.29) is 0 Å². The van der Waals surface area contributed by atoms with Gasteiger partial charge in [-0.1, -0.05) is 6.92 Å². The number of hydrogen-bond acceptors (Lipinski definition) is 3. The van der Waals surface area contributed by atoms with E-state index >= 15 is 0 Å². The zero-order chi connectivity index (χ0) is 14.3. The first-order valence-electron chi connectivity index (χ1n) is 7.09. The SMILES string of the molecule is CCOCCCC(Cc1c(Br)c(CC)nn1C)NC. The van der Waals surface area contributed by atoms with E-state index in [1.165, 1.54) is 10.2 Å². The van der Waals surface area contributed by atoms with Gasteiger partial charge in [-0.05, 0) is 49.2 Å². The molecule has 1 heterocycles. The number of ether oxygens (including phenoxy) is 1. The maximum atomic E-state index is 5.39. The van der Waals surface area contributed by atoms with E-state index in [0.717, 1.165) is 44.6 Å². The number of aryl methyl sites for hydroxylation is 2. The van der Waals surface area contributed by atoms with Gasteiger partial charge in [-0.3, -0.25) is 4.68 Å². The molecule has 1 N–H and O–H groups in total. The monoisotopic (exact) mass is 331 g/mol. The fourth-order valence-corrected chi connectivity index (χ4v) is 2.98. The minimum absolute atomic E-state index is 0.469. The molecule has 1 aromatic heterocycles. The van der Waals surface area contributed by atoms with Gasteiger partial charge in [-0.15, -0.1) is 0 Å². The third kappa shape index (κ3) is 4.89. The zero-order valence-electron chi connectivity index (χ0n) is 12.5. The molecule has 0 aliphatic heterocycles. The molecule has 0 aliphatic rings. The number of halogens is 1. The van der Waals surface area contributed by atoms with Gasteiger partial charge in [0.05, 0.1) is 15.9 Å². The Morgan fingerprint density at radius 3 is 2.68 bits per heavy atom. The second-order valence-electron chi connectivity index (χ2n) is 4.71. The molecule has 0 saturated heterocycles.